The highest BCUT2D eigenvalue weighted by atomic mass is 32.2. The van der Waals surface area contributed by atoms with E-state index in [1.807, 2.05) is 6.92 Å². The summed E-state index contributed by atoms with van der Waals surface area (Å²) in [6, 6.07) is 3.22. The third kappa shape index (κ3) is 5.01. The number of nitrogens with zero attached hydrogens (tertiary/aromatic N) is 1. The highest BCUT2D eigenvalue weighted by Gasteiger charge is 2.09. The molecule has 0 amide bonds. The number of rotatable bonds is 7. The molecule has 1 aromatic heterocycles. The Morgan fingerprint density at radius 1 is 1.47 bits per heavy atom. The Morgan fingerprint density at radius 2 is 2.24 bits per heavy atom. The minimum absolute atomic E-state index is 0.0106. The van der Waals surface area contributed by atoms with Crippen molar-refractivity contribution in [3.8, 4) is 5.88 Å². The molecular formula is C10H17N3O3S. The summed E-state index contributed by atoms with van der Waals surface area (Å²) in [5.41, 5.74) is 5.68. The molecule has 0 saturated heterocycles. The lowest BCUT2D eigenvalue weighted by molar-refractivity contribution is 0.327. The number of anilines is 1. The Bertz CT molecular complexity index is 431. The van der Waals surface area contributed by atoms with Gasteiger partial charge in [-0.25, -0.2) is 13.4 Å². The van der Waals surface area contributed by atoms with Crippen molar-refractivity contribution in [3.63, 3.8) is 0 Å². The maximum Gasteiger partial charge on any atom is 0.232 e. The lowest BCUT2D eigenvalue weighted by Gasteiger charge is -2.07. The monoisotopic (exact) mass is 259 g/mol. The predicted molar refractivity (Wildman–Crippen MR) is 66.5 cm³/mol. The number of sulfonamides is 1. The van der Waals surface area contributed by atoms with E-state index in [0.717, 1.165) is 0 Å². The average Bonchev–Trinajstić information content (AvgIpc) is 2.29. The van der Waals surface area contributed by atoms with E-state index in [1.165, 1.54) is 6.20 Å². The first-order chi connectivity index (χ1) is 8.07. The normalized spacial score (nSPS) is 11.2. The van der Waals surface area contributed by atoms with Crippen LogP contribution in [0.4, 0.5) is 5.69 Å². The summed E-state index contributed by atoms with van der Waals surface area (Å²) in [4.78, 5) is 3.96. The molecule has 0 saturated carbocycles. The minimum Gasteiger partial charge on any atom is -0.478 e. The van der Waals surface area contributed by atoms with Gasteiger partial charge in [-0.1, -0.05) is 0 Å². The maximum absolute atomic E-state index is 11.5. The molecule has 0 fully saturated rings. The van der Waals surface area contributed by atoms with Crippen molar-refractivity contribution in [3.05, 3.63) is 18.3 Å². The SMILES string of the molecule is CCOc1ccc(NS(=O)(=O)CCCN)cn1. The summed E-state index contributed by atoms with van der Waals surface area (Å²) < 4.78 is 30.7. The maximum atomic E-state index is 11.5. The third-order valence-electron chi connectivity index (χ3n) is 1.92. The van der Waals surface area contributed by atoms with Crippen LogP contribution in [0.3, 0.4) is 0 Å². The Balaban J connectivity index is 2.62. The third-order valence-corrected chi connectivity index (χ3v) is 3.29. The second-order valence-corrected chi connectivity index (χ2v) is 5.22. The molecule has 0 aliphatic rings. The number of aromatic nitrogens is 1. The molecule has 1 rings (SSSR count). The molecule has 0 atom stereocenters. The number of hydrogen-bond acceptors (Lipinski definition) is 5. The van der Waals surface area contributed by atoms with Crippen molar-refractivity contribution < 1.29 is 13.2 Å². The molecule has 0 radical (unpaired) electrons. The van der Waals surface area contributed by atoms with Crippen LogP contribution in [0.25, 0.3) is 0 Å². The molecule has 0 spiro atoms. The summed E-state index contributed by atoms with van der Waals surface area (Å²) in [6.45, 7) is 2.72. The zero-order valence-corrected chi connectivity index (χ0v) is 10.5. The highest BCUT2D eigenvalue weighted by Crippen LogP contribution is 2.13. The van der Waals surface area contributed by atoms with Gasteiger partial charge in [-0.3, -0.25) is 4.72 Å². The van der Waals surface area contributed by atoms with Gasteiger partial charge in [-0.15, -0.1) is 0 Å². The smallest absolute Gasteiger partial charge is 0.232 e. The van der Waals surface area contributed by atoms with Crippen molar-refractivity contribution in [1.29, 1.82) is 0 Å². The van der Waals surface area contributed by atoms with Gasteiger partial charge in [0.15, 0.2) is 0 Å². The van der Waals surface area contributed by atoms with Crippen molar-refractivity contribution in [2.24, 2.45) is 5.73 Å². The molecule has 96 valence electrons. The fraction of sp³-hybridized carbons (Fsp3) is 0.500. The number of nitrogens with two attached hydrogens (primary N) is 1. The lowest BCUT2D eigenvalue weighted by atomic mass is 10.4. The fourth-order valence-electron chi connectivity index (χ4n) is 1.18. The molecule has 6 nitrogen and oxygen atoms in total. The first kappa shape index (κ1) is 13.7. The number of hydrogen-bond donors (Lipinski definition) is 2. The first-order valence-corrected chi connectivity index (χ1v) is 7.02. The Morgan fingerprint density at radius 3 is 2.76 bits per heavy atom. The molecule has 0 aromatic carbocycles. The summed E-state index contributed by atoms with van der Waals surface area (Å²) in [5.74, 6) is 0.480. The molecule has 17 heavy (non-hydrogen) atoms. The van der Waals surface area contributed by atoms with Gasteiger partial charge in [0.1, 0.15) is 0 Å². The van der Waals surface area contributed by atoms with Crippen LogP contribution >= 0.6 is 0 Å². The van der Waals surface area contributed by atoms with Crippen molar-refractivity contribution in [2.75, 3.05) is 23.6 Å². The Hall–Kier alpha value is -1.34. The second-order valence-electron chi connectivity index (χ2n) is 3.38. The molecule has 7 heteroatoms. The second kappa shape index (κ2) is 6.41. The van der Waals surface area contributed by atoms with Crippen LogP contribution < -0.4 is 15.2 Å². The fourth-order valence-corrected chi connectivity index (χ4v) is 2.31. The van der Waals surface area contributed by atoms with Crippen LogP contribution in [0.2, 0.25) is 0 Å². The lowest BCUT2D eigenvalue weighted by Crippen LogP contribution is -2.19. The molecule has 0 bridgehead atoms. The topological polar surface area (TPSA) is 94.3 Å². The number of pyridine rings is 1. The van der Waals surface area contributed by atoms with Gasteiger partial charge in [0.2, 0.25) is 15.9 Å². The Labute approximate surface area is 101 Å². The van der Waals surface area contributed by atoms with E-state index in [2.05, 4.69) is 9.71 Å². The van der Waals surface area contributed by atoms with Gasteiger partial charge in [-0.05, 0) is 26.0 Å². The van der Waals surface area contributed by atoms with Crippen LogP contribution in [0.5, 0.6) is 5.88 Å². The largest absolute Gasteiger partial charge is 0.478 e. The summed E-state index contributed by atoms with van der Waals surface area (Å²) in [5, 5.41) is 0. The van der Waals surface area contributed by atoms with E-state index in [4.69, 9.17) is 10.5 Å². The van der Waals surface area contributed by atoms with Crippen LogP contribution in [0.1, 0.15) is 13.3 Å². The van der Waals surface area contributed by atoms with Gasteiger partial charge >= 0.3 is 0 Å². The average molecular weight is 259 g/mol. The summed E-state index contributed by atoms with van der Waals surface area (Å²) in [7, 11) is -3.33. The molecule has 3 N–H and O–H groups in total. The quantitative estimate of drug-likeness (QED) is 0.746. The zero-order valence-electron chi connectivity index (χ0n) is 9.72. The van der Waals surface area contributed by atoms with E-state index in [0.29, 0.717) is 31.1 Å². The molecular weight excluding hydrogens is 242 g/mol. The molecule has 0 aliphatic heterocycles. The van der Waals surface area contributed by atoms with E-state index >= 15 is 0 Å². The van der Waals surface area contributed by atoms with E-state index in [9.17, 15) is 8.42 Å². The van der Waals surface area contributed by atoms with Gasteiger partial charge in [0, 0.05) is 6.07 Å². The van der Waals surface area contributed by atoms with Crippen LogP contribution in [0, 0.1) is 0 Å². The van der Waals surface area contributed by atoms with Gasteiger partial charge in [-0.2, -0.15) is 0 Å². The molecule has 1 heterocycles. The standard InChI is InChI=1S/C10H17N3O3S/c1-2-16-10-5-4-9(8-12-10)13-17(14,15)7-3-6-11/h4-5,8,13H,2-3,6-7,11H2,1H3. The van der Waals surface area contributed by atoms with Crippen molar-refractivity contribution >= 4 is 15.7 Å². The number of nitrogens with one attached hydrogen (secondary N) is 1. The Kier molecular flexibility index (Phi) is 5.17. The van der Waals surface area contributed by atoms with Gasteiger partial charge < -0.3 is 10.5 Å². The highest BCUT2D eigenvalue weighted by molar-refractivity contribution is 7.92. The van der Waals surface area contributed by atoms with E-state index in [1.54, 1.807) is 12.1 Å². The van der Waals surface area contributed by atoms with E-state index < -0.39 is 10.0 Å². The number of ether oxygens (including phenoxy) is 1. The predicted octanol–water partition coefficient (Wildman–Crippen LogP) is 0.571. The molecule has 0 aliphatic carbocycles. The molecule has 0 unspecified atom stereocenters. The minimum atomic E-state index is -3.33. The van der Waals surface area contributed by atoms with Crippen LogP contribution in [0.15, 0.2) is 18.3 Å². The summed E-state index contributed by atoms with van der Waals surface area (Å²) >= 11 is 0. The van der Waals surface area contributed by atoms with Gasteiger partial charge in [0.05, 0.1) is 24.2 Å². The zero-order chi connectivity index (χ0) is 12.7. The van der Waals surface area contributed by atoms with Crippen LogP contribution in [-0.2, 0) is 10.0 Å². The van der Waals surface area contributed by atoms with Crippen molar-refractivity contribution in [1.82, 2.24) is 4.98 Å². The van der Waals surface area contributed by atoms with Crippen molar-refractivity contribution in [2.45, 2.75) is 13.3 Å². The van der Waals surface area contributed by atoms with Crippen LogP contribution in [-0.4, -0.2) is 32.3 Å². The van der Waals surface area contributed by atoms with Gasteiger partial charge in [0.25, 0.3) is 0 Å². The van der Waals surface area contributed by atoms with E-state index in [-0.39, 0.29) is 5.75 Å². The summed E-state index contributed by atoms with van der Waals surface area (Å²) in [6.07, 6.45) is 1.85. The molecule has 1 aromatic rings. The first-order valence-electron chi connectivity index (χ1n) is 5.37.